The Morgan fingerprint density at radius 1 is 1.33 bits per heavy atom. The second-order valence-corrected chi connectivity index (χ2v) is 3.20. The topological polar surface area (TPSA) is 26.3 Å². The van der Waals surface area contributed by atoms with Gasteiger partial charge in [-0.05, 0) is 32.1 Å². The lowest BCUT2D eigenvalue weighted by Crippen LogP contribution is -2.16. The van der Waals surface area contributed by atoms with Gasteiger partial charge in [-0.15, -0.1) is 0 Å². The molecule has 0 unspecified atom stereocenters. The molecule has 0 saturated heterocycles. The summed E-state index contributed by atoms with van der Waals surface area (Å²) in [5.74, 6) is 0.102. The van der Waals surface area contributed by atoms with Gasteiger partial charge < -0.3 is 4.74 Å². The summed E-state index contributed by atoms with van der Waals surface area (Å²) in [5, 5.41) is 0. The number of carbonyl (C=O) groups is 1. The molecule has 1 aliphatic carbocycles. The van der Waals surface area contributed by atoms with Crippen molar-refractivity contribution >= 4 is 5.97 Å². The first-order chi connectivity index (χ1) is 5.84. The molecule has 0 aromatic rings. The fourth-order valence-electron chi connectivity index (χ4n) is 1.56. The highest BCUT2D eigenvalue weighted by atomic mass is 16.5. The average Bonchev–Trinajstić information content (AvgIpc) is 2.02. The largest absolute Gasteiger partial charge is 0.469 e. The molecule has 0 aliphatic heterocycles. The highest BCUT2D eigenvalue weighted by molar-refractivity contribution is 5.72. The molecule has 1 aliphatic rings. The van der Waals surface area contributed by atoms with Crippen LogP contribution >= 0.6 is 0 Å². The summed E-state index contributed by atoms with van der Waals surface area (Å²) in [6, 6.07) is 0. The minimum Gasteiger partial charge on any atom is -0.469 e. The maximum absolute atomic E-state index is 11.2. The van der Waals surface area contributed by atoms with Crippen LogP contribution in [0.1, 0.15) is 32.1 Å². The van der Waals surface area contributed by atoms with Gasteiger partial charge in [-0.2, -0.15) is 0 Å². The Labute approximate surface area is 73.6 Å². The van der Waals surface area contributed by atoms with E-state index in [1.807, 2.05) is 0 Å². The van der Waals surface area contributed by atoms with Gasteiger partial charge in [0.1, 0.15) is 0 Å². The molecule has 0 spiro atoms. The fraction of sp³-hybridized carbons (Fsp3) is 0.700. The Bertz CT molecular complexity index is 173. The van der Waals surface area contributed by atoms with E-state index in [1.54, 1.807) is 0 Å². The van der Waals surface area contributed by atoms with Gasteiger partial charge in [0.15, 0.2) is 0 Å². The van der Waals surface area contributed by atoms with Crippen molar-refractivity contribution in [3.8, 4) is 0 Å². The maximum atomic E-state index is 11.2. The minimum absolute atomic E-state index is 0.0368. The van der Waals surface area contributed by atoms with Crippen molar-refractivity contribution in [3.05, 3.63) is 12.2 Å². The SMILES string of the molecule is COC(=O)[C@H]1CC/C=C\CCC1. The number of ether oxygens (including phenoxy) is 1. The maximum Gasteiger partial charge on any atom is 0.308 e. The molecule has 0 bridgehead atoms. The third-order valence-electron chi connectivity index (χ3n) is 2.31. The van der Waals surface area contributed by atoms with Crippen LogP contribution in [0.3, 0.4) is 0 Å². The quantitative estimate of drug-likeness (QED) is 0.443. The lowest BCUT2D eigenvalue weighted by atomic mass is 9.94. The molecular weight excluding hydrogens is 152 g/mol. The summed E-state index contributed by atoms with van der Waals surface area (Å²) in [4.78, 5) is 11.2. The van der Waals surface area contributed by atoms with Crippen molar-refractivity contribution in [1.29, 1.82) is 0 Å². The van der Waals surface area contributed by atoms with Crippen LogP contribution < -0.4 is 0 Å². The molecule has 1 atom stereocenters. The molecule has 0 saturated carbocycles. The average molecular weight is 168 g/mol. The monoisotopic (exact) mass is 168 g/mol. The molecule has 0 aromatic heterocycles. The summed E-state index contributed by atoms with van der Waals surface area (Å²) in [6.45, 7) is 0. The lowest BCUT2D eigenvalue weighted by Gasteiger charge is -2.14. The first-order valence-electron chi connectivity index (χ1n) is 4.57. The van der Waals surface area contributed by atoms with E-state index in [9.17, 15) is 4.79 Å². The Morgan fingerprint density at radius 2 is 2.08 bits per heavy atom. The standard InChI is InChI=1S/C10H16O2/c1-12-10(11)9-7-5-3-2-4-6-8-9/h2-3,9H,4-8H2,1H3/b3-2-/t9-/m0/s1. The number of hydrogen-bond acceptors (Lipinski definition) is 2. The zero-order valence-electron chi connectivity index (χ0n) is 7.58. The first-order valence-corrected chi connectivity index (χ1v) is 4.57. The predicted molar refractivity (Wildman–Crippen MR) is 47.7 cm³/mol. The highest BCUT2D eigenvalue weighted by Gasteiger charge is 2.17. The number of esters is 1. The van der Waals surface area contributed by atoms with E-state index in [0.29, 0.717) is 0 Å². The van der Waals surface area contributed by atoms with Crippen molar-refractivity contribution in [1.82, 2.24) is 0 Å². The third-order valence-corrected chi connectivity index (χ3v) is 2.31. The summed E-state index contributed by atoms with van der Waals surface area (Å²) in [6.07, 6.45) is 9.52. The van der Waals surface area contributed by atoms with Gasteiger partial charge in [0.05, 0.1) is 13.0 Å². The summed E-state index contributed by atoms with van der Waals surface area (Å²) in [5.41, 5.74) is 0. The van der Waals surface area contributed by atoms with Crippen LogP contribution in [-0.4, -0.2) is 13.1 Å². The molecule has 1 rings (SSSR count). The predicted octanol–water partition coefficient (Wildman–Crippen LogP) is 2.30. The third kappa shape index (κ3) is 2.68. The van der Waals surface area contributed by atoms with Crippen LogP contribution in [0.4, 0.5) is 0 Å². The molecule has 2 nitrogen and oxygen atoms in total. The van der Waals surface area contributed by atoms with E-state index in [0.717, 1.165) is 32.1 Å². The van der Waals surface area contributed by atoms with Crippen LogP contribution in [0.5, 0.6) is 0 Å². The summed E-state index contributed by atoms with van der Waals surface area (Å²) in [7, 11) is 1.47. The second kappa shape index (κ2) is 4.96. The minimum atomic E-state index is -0.0368. The molecule has 0 radical (unpaired) electrons. The number of allylic oxidation sites excluding steroid dienone is 2. The molecule has 0 N–H and O–H groups in total. The van der Waals surface area contributed by atoms with E-state index in [1.165, 1.54) is 7.11 Å². The van der Waals surface area contributed by atoms with Crippen LogP contribution in [0.2, 0.25) is 0 Å². The van der Waals surface area contributed by atoms with Gasteiger partial charge in [-0.3, -0.25) is 4.79 Å². The number of rotatable bonds is 1. The molecular formula is C10H16O2. The van der Waals surface area contributed by atoms with Crippen molar-refractivity contribution in [3.63, 3.8) is 0 Å². The zero-order valence-corrected chi connectivity index (χ0v) is 7.58. The van der Waals surface area contributed by atoms with Gasteiger partial charge >= 0.3 is 5.97 Å². The molecule has 68 valence electrons. The molecule has 0 fully saturated rings. The van der Waals surface area contributed by atoms with E-state index in [4.69, 9.17) is 4.74 Å². The van der Waals surface area contributed by atoms with Gasteiger partial charge in [0.25, 0.3) is 0 Å². The first kappa shape index (κ1) is 9.30. The van der Waals surface area contributed by atoms with Gasteiger partial charge in [-0.1, -0.05) is 12.2 Å². The van der Waals surface area contributed by atoms with Gasteiger partial charge in [0.2, 0.25) is 0 Å². The zero-order chi connectivity index (χ0) is 8.81. The smallest absolute Gasteiger partial charge is 0.308 e. The lowest BCUT2D eigenvalue weighted by molar-refractivity contribution is -0.145. The van der Waals surface area contributed by atoms with Crippen molar-refractivity contribution in [2.24, 2.45) is 5.92 Å². The molecule has 12 heavy (non-hydrogen) atoms. The Balaban J connectivity index is 2.42. The summed E-state index contributed by atoms with van der Waals surface area (Å²) < 4.78 is 4.72. The Kier molecular flexibility index (Phi) is 3.85. The fourth-order valence-corrected chi connectivity index (χ4v) is 1.56. The second-order valence-electron chi connectivity index (χ2n) is 3.20. The molecule has 0 heterocycles. The van der Waals surface area contributed by atoms with Gasteiger partial charge in [0, 0.05) is 0 Å². The highest BCUT2D eigenvalue weighted by Crippen LogP contribution is 2.19. The van der Waals surface area contributed by atoms with Crippen molar-refractivity contribution in [2.45, 2.75) is 32.1 Å². The van der Waals surface area contributed by atoms with Crippen LogP contribution in [0.15, 0.2) is 12.2 Å². The van der Waals surface area contributed by atoms with Crippen LogP contribution in [-0.2, 0) is 9.53 Å². The van der Waals surface area contributed by atoms with Gasteiger partial charge in [-0.25, -0.2) is 0 Å². The van der Waals surface area contributed by atoms with E-state index in [2.05, 4.69) is 12.2 Å². The Morgan fingerprint density at radius 3 is 2.83 bits per heavy atom. The normalized spacial score (nSPS) is 26.9. The van der Waals surface area contributed by atoms with E-state index < -0.39 is 0 Å². The van der Waals surface area contributed by atoms with E-state index >= 15 is 0 Å². The number of carbonyl (C=O) groups excluding carboxylic acids is 1. The number of hydrogen-bond donors (Lipinski definition) is 0. The van der Waals surface area contributed by atoms with Crippen LogP contribution in [0.25, 0.3) is 0 Å². The summed E-state index contributed by atoms with van der Waals surface area (Å²) >= 11 is 0. The van der Waals surface area contributed by atoms with Crippen molar-refractivity contribution < 1.29 is 9.53 Å². The number of methoxy groups -OCH3 is 1. The molecule has 2 heteroatoms. The van der Waals surface area contributed by atoms with Crippen molar-refractivity contribution in [2.75, 3.05) is 7.11 Å². The van der Waals surface area contributed by atoms with E-state index in [-0.39, 0.29) is 11.9 Å². The van der Waals surface area contributed by atoms with Crippen LogP contribution in [0, 0.1) is 5.92 Å². The molecule has 0 aromatic carbocycles. The molecule has 0 amide bonds. The Hall–Kier alpha value is -0.790.